The lowest BCUT2D eigenvalue weighted by atomic mass is 10.1. The van der Waals surface area contributed by atoms with Crippen molar-refractivity contribution in [3.05, 3.63) is 63.6 Å². The Morgan fingerprint density at radius 3 is 2.50 bits per heavy atom. The highest BCUT2D eigenvalue weighted by Gasteiger charge is 2.15. The van der Waals surface area contributed by atoms with Crippen molar-refractivity contribution in [1.29, 1.82) is 0 Å². The molecule has 26 heavy (non-hydrogen) atoms. The first-order chi connectivity index (χ1) is 12.4. The summed E-state index contributed by atoms with van der Waals surface area (Å²) in [5.41, 5.74) is 6.68. The van der Waals surface area contributed by atoms with Crippen LogP contribution in [-0.4, -0.2) is 18.4 Å². The minimum absolute atomic E-state index is 0.354. The van der Waals surface area contributed by atoms with E-state index in [0.717, 1.165) is 16.5 Å². The number of halogens is 1. The van der Waals surface area contributed by atoms with Crippen molar-refractivity contribution in [1.82, 2.24) is 10.9 Å². The van der Waals surface area contributed by atoms with Crippen molar-refractivity contribution in [2.75, 3.05) is 6.61 Å². The summed E-state index contributed by atoms with van der Waals surface area (Å²) in [5, 5.41) is 0. The Kier molecular flexibility index (Phi) is 7.21. The molecular weight excluding hydrogens is 396 g/mol. The Balaban J connectivity index is 2.04. The molecule has 0 atom stereocenters. The molecular formula is C20H23BrN2O3. The highest BCUT2D eigenvalue weighted by Crippen LogP contribution is 2.23. The van der Waals surface area contributed by atoms with Crippen molar-refractivity contribution < 1.29 is 14.3 Å². The van der Waals surface area contributed by atoms with Gasteiger partial charge in [-0.05, 0) is 49.6 Å². The van der Waals surface area contributed by atoms with Crippen LogP contribution in [0.1, 0.15) is 46.5 Å². The van der Waals surface area contributed by atoms with Crippen LogP contribution in [0.5, 0.6) is 5.75 Å². The molecule has 2 amide bonds. The smallest absolute Gasteiger partial charge is 0.273 e. The van der Waals surface area contributed by atoms with Crippen molar-refractivity contribution >= 4 is 27.7 Å². The maximum atomic E-state index is 12.5. The molecule has 2 N–H and O–H groups in total. The average Bonchev–Trinajstić information content (AvgIpc) is 2.60. The number of carbonyl (C=O) groups excluding carboxylic acids is 2. The van der Waals surface area contributed by atoms with Gasteiger partial charge in [-0.15, -0.1) is 0 Å². The number of amides is 2. The Morgan fingerprint density at radius 1 is 1.08 bits per heavy atom. The number of benzene rings is 2. The first kappa shape index (κ1) is 20.0. The molecule has 0 aromatic heterocycles. The van der Waals surface area contributed by atoms with Gasteiger partial charge in [-0.3, -0.25) is 20.4 Å². The second-order valence-corrected chi connectivity index (χ2v) is 7.36. The van der Waals surface area contributed by atoms with Gasteiger partial charge in [0.05, 0.1) is 12.2 Å². The van der Waals surface area contributed by atoms with Crippen LogP contribution in [0.2, 0.25) is 0 Å². The van der Waals surface area contributed by atoms with Crippen LogP contribution in [0.4, 0.5) is 0 Å². The number of rotatable bonds is 6. The van der Waals surface area contributed by atoms with Crippen molar-refractivity contribution in [3.8, 4) is 5.75 Å². The number of hydrogen-bond acceptors (Lipinski definition) is 3. The highest BCUT2D eigenvalue weighted by molar-refractivity contribution is 9.10. The van der Waals surface area contributed by atoms with Gasteiger partial charge in [0.15, 0.2) is 0 Å². The van der Waals surface area contributed by atoms with Gasteiger partial charge in [-0.2, -0.15) is 0 Å². The average molecular weight is 419 g/mol. The van der Waals surface area contributed by atoms with E-state index in [2.05, 4.69) is 40.6 Å². The van der Waals surface area contributed by atoms with Crippen LogP contribution in [0.3, 0.4) is 0 Å². The monoisotopic (exact) mass is 418 g/mol. The number of ether oxygens (including phenoxy) is 1. The van der Waals surface area contributed by atoms with Crippen LogP contribution < -0.4 is 15.6 Å². The molecule has 5 nitrogen and oxygen atoms in total. The SMILES string of the molecule is Cc1cccc(C(=O)NNC(=O)c2cc(Br)ccc2OCCC(C)C)c1. The summed E-state index contributed by atoms with van der Waals surface area (Å²) in [5.74, 6) is 0.179. The second kappa shape index (κ2) is 9.38. The van der Waals surface area contributed by atoms with Gasteiger partial charge in [-0.1, -0.05) is 47.5 Å². The molecule has 0 bridgehead atoms. The summed E-state index contributed by atoms with van der Waals surface area (Å²) in [6.07, 6.45) is 0.890. The molecule has 0 aliphatic rings. The Hall–Kier alpha value is -2.34. The zero-order valence-corrected chi connectivity index (χ0v) is 16.7. The van der Waals surface area contributed by atoms with Crippen LogP contribution in [0.25, 0.3) is 0 Å². The Bertz CT molecular complexity index is 790. The summed E-state index contributed by atoms with van der Waals surface area (Å²) in [7, 11) is 0. The van der Waals surface area contributed by atoms with Crippen molar-refractivity contribution in [2.45, 2.75) is 27.2 Å². The van der Waals surface area contributed by atoms with E-state index in [9.17, 15) is 9.59 Å². The minimum Gasteiger partial charge on any atom is -0.493 e. The maximum Gasteiger partial charge on any atom is 0.273 e. The van der Waals surface area contributed by atoms with Gasteiger partial charge in [0, 0.05) is 10.0 Å². The molecule has 0 saturated carbocycles. The highest BCUT2D eigenvalue weighted by atomic mass is 79.9. The van der Waals surface area contributed by atoms with Crippen LogP contribution in [-0.2, 0) is 0 Å². The van der Waals surface area contributed by atoms with Gasteiger partial charge >= 0.3 is 0 Å². The zero-order valence-electron chi connectivity index (χ0n) is 15.1. The predicted molar refractivity (Wildman–Crippen MR) is 105 cm³/mol. The topological polar surface area (TPSA) is 67.4 Å². The van der Waals surface area contributed by atoms with Gasteiger partial charge in [0.25, 0.3) is 11.8 Å². The predicted octanol–water partition coefficient (Wildman–Crippen LogP) is 4.26. The first-order valence-electron chi connectivity index (χ1n) is 8.46. The molecule has 0 heterocycles. The molecule has 0 radical (unpaired) electrons. The number of hydrogen-bond donors (Lipinski definition) is 2. The fourth-order valence-corrected chi connectivity index (χ4v) is 2.61. The fraction of sp³-hybridized carbons (Fsp3) is 0.300. The van der Waals surface area contributed by atoms with Crippen molar-refractivity contribution in [3.63, 3.8) is 0 Å². The summed E-state index contributed by atoms with van der Waals surface area (Å²) < 4.78 is 6.49. The Labute approximate surface area is 162 Å². The molecule has 0 spiro atoms. The van der Waals surface area contributed by atoms with Gasteiger partial charge in [-0.25, -0.2) is 0 Å². The number of hydrazine groups is 1. The summed E-state index contributed by atoms with van der Waals surface area (Å²) in [6.45, 7) is 6.64. The molecule has 0 unspecified atom stereocenters. The standard InChI is InChI=1S/C20H23BrN2O3/c1-13(2)9-10-26-18-8-7-16(21)12-17(18)20(25)23-22-19(24)15-6-4-5-14(3)11-15/h4-8,11-13H,9-10H2,1-3H3,(H,22,24)(H,23,25). The number of carbonyl (C=O) groups is 2. The molecule has 2 rings (SSSR count). The number of nitrogens with one attached hydrogen (secondary N) is 2. The van der Waals surface area contributed by atoms with E-state index in [1.54, 1.807) is 30.3 Å². The van der Waals surface area contributed by atoms with Gasteiger partial charge in [0.2, 0.25) is 0 Å². The van der Waals surface area contributed by atoms with Crippen LogP contribution in [0, 0.1) is 12.8 Å². The molecule has 0 fully saturated rings. The number of aryl methyl sites for hydroxylation is 1. The fourth-order valence-electron chi connectivity index (χ4n) is 2.25. The van der Waals surface area contributed by atoms with E-state index in [1.165, 1.54) is 0 Å². The first-order valence-corrected chi connectivity index (χ1v) is 9.26. The van der Waals surface area contributed by atoms with E-state index in [0.29, 0.717) is 29.4 Å². The summed E-state index contributed by atoms with van der Waals surface area (Å²) >= 11 is 3.36. The third-order valence-electron chi connectivity index (χ3n) is 3.71. The third kappa shape index (κ3) is 5.88. The molecule has 138 valence electrons. The quantitative estimate of drug-likeness (QED) is 0.688. The lowest BCUT2D eigenvalue weighted by molar-refractivity contribution is 0.0844. The second-order valence-electron chi connectivity index (χ2n) is 6.45. The lowest BCUT2D eigenvalue weighted by Crippen LogP contribution is -2.41. The minimum atomic E-state index is -0.438. The Morgan fingerprint density at radius 2 is 1.81 bits per heavy atom. The molecule has 0 saturated heterocycles. The van der Waals surface area contributed by atoms with E-state index in [-0.39, 0.29) is 5.91 Å². The van der Waals surface area contributed by atoms with Crippen LogP contribution in [0.15, 0.2) is 46.9 Å². The van der Waals surface area contributed by atoms with E-state index < -0.39 is 5.91 Å². The molecule has 2 aromatic rings. The van der Waals surface area contributed by atoms with Gasteiger partial charge in [0.1, 0.15) is 5.75 Å². The molecule has 6 heteroatoms. The normalized spacial score (nSPS) is 10.5. The lowest BCUT2D eigenvalue weighted by Gasteiger charge is -2.13. The molecule has 2 aromatic carbocycles. The van der Waals surface area contributed by atoms with E-state index in [4.69, 9.17) is 4.74 Å². The molecule has 0 aliphatic heterocycles. The third-order valence-corrected chi connectivity index (χ3v) is 4.20. The van der Waals surface area contributed by atoms with E-state index >= 15 is 0 Å². The van der Waals surface area contributed by atoms with Gasteiger partial charge < -0.3 is 4.74 Å². The summed E-state index contributed by atoms with van der Waals surface area (Å²) in [6, 6.07) is 12.3. The van der Waals surface area contributed by atoms with E-state index in [1.807, 2.05) is 19.1 Å². The maximum absolute atomic E-state index is 12.5. The van der Waals surface area contributed by atoms with Crippen molar-refractivity contribution in [2.24, 2.45) is 5.92 Å². The molecule has 0 aliphatic carbocycles. The largest absolute Gasteiger partial charge is 0.493 e. The van der Waals surface area contributed by atoms with Crippen LogP contribution >= 0.6 is 15.9 Å². The zero-order chi connectivity index (χ0) is 19.1. The summed E-state index contributed by atoms with van der Waals surface area (Å²) in [4.78, 5) is 24.7.